The highest BCUT2D eigenvalue weighted by Gasteiger charge is 2.42. The van der Waals surface area contributed by atoms with Crippen molar-refractivity contribution < 1.29 is 33.3 Å². The Hall–Kier alpha value is -3.45. The SMILES string of the molecule is Cc1nc(=O)n(C[C@@H](F)CN2C3CCC2CC(OCc2ccc(F)cc2)C3)c(=O)n1C.O=C(O)C(=O)O. The van der Waals surface area contributed by atoms with Crippen molar-refractivity contribution >= 4 is 11.9 Å². The summed E-state index contributed by atoms with van der Waals surface area (Å²) in [6.07, 6.45) is 2.36. The van der Waals surface area contributed by atoms with Gasteiger partial charge >= 0.3 is 23.3 Å². The highest BCUT2D eigenvalue weighted by atomic mass is 19.1. The molecule has 0 aliphatic carbocycles. The molecule has 0 spiro atoms. The number of benzene rings is 1. The van der Waals surface area contributed by atoms with Crippen LogP contribution in [0.3, 0.4) is 0 Å². The monoisotopic (exact) mass is 524 g/mol. The van der Waals surface area contributed by atoms with Gasteiger partial charge in [0.15, 0.2) is 0 Å². The first-order chi connectivity index (χ1) is 17.5. The number of aromatic nitrogens is 3. The molecule has 3 atom stereocenters. The Bertz CT molecular complexity index is 1210. The number of hydrogen-bond donors (Lipinski definition) is 2. The van der Waals surface area contributed by atoms with Gasteiger partial charge in [-0.2, -0.15) is 4.98 Å². The summed E-state index contributed by atoms with van der Waals surface area (Å²) in [5, 5.41) is 14.8. The van der Waals surface area contributed by atoms with Gasteiger partial charge in [-0.05, 0) is 50.3 Å². The van der Waals surface area contributed by atoms with E-state index < -0.39 is 29.5 Å². The third-order valence-corrected chi connectivity index (χ3v) is 6.70. The Balaban J connectivity index is 0.000000568. The lowest BCUT2D eigenvalue weighted by Crippen LogP contribution is -2.50. The summed E-state index contributed by atoms with van der Waals surface area (Å²) in [6, 6.07) is 6.75. The molecule has 4 rings (SSSR count). The molecule has 2 fully saturated rings. The quantitative estimate of drug-likeness (QED) is 0.509. The summed E-state index contributed by atoms with van der Waals surface area (Å²) in [5.74, 6) is -3.61. The van der Waals surface area contributed by atoms with Crippen LogP contribution in [0.25, 0.3) is 0 Å². The number of piperidine rings is 1. The zero-order valence-corrected chi connectivity index (χ0v) is 20.5. The third kappa shape index (κ3) is 7.29. The fourth-order valence-electron chi connectivity index (χ4n) is 4.77. The summed E-state index contributed by atoms with van der Waals surface area (Å²) in [7, 11) is 1.52. The minimum atomic E-state index is -1.82. The highest BCUT2D eigenvalue weighted by molar-refractivity contribution is 6.27. The molecule has 37 heavy (non-hydrogen) atoms. The van der Waals surface area contributed by atoms with Gasteiger partial charge in [-0.15, -0.1) is 0 Å². The Morgan fingerprint density at radius 3 is 2.19 bits per heavy atom. The summed E-state index contributed by atoms with van der Waals surface area (Å²) in [6.45, 7) is 1.89. The molecule has 2 aliphatic rings. The minimum absolute atomic E-state index is 0.0908. The van der Waals surface area contributed by atoms with Crippen LogP contribution in [0, 0.1) is 12.7 Å². The summed E-state index contributed by atoms with van der Waals surface area (Å²) < 4.78 is 36.1. The first-order valence-corrected chi connectivity index (χ1v) is 11.8. The first-order valence-electron chi connectivity index (χ1n) is 11.8. The lowest BCUT2D eigenvalue weighted by Gasteiger charge is -2.39. The van der Waals surface area contributed by atoms with Crippen LogP contribution in [0.15, 0.2) is 33.9 Å². The number of halogens is 2. The number of fused-ring (bicyclic) bond motifs is 2. The Labute approximate surface area is 210 Å². The molecule has 11 nitrogen and oxygen atoms in total. The summed E-state index contributed by atoms with van der Waals surface area (Å²) in [4.78, 5) is 48.5. The van der Waals surface area contributed by atoms with Crippen LogP contribution in [0.2, 0.25) is 0 Å². The minimum Gasteiger partial charge on any atom is -0.473 e. The normalized spacial score (nSPS) is 21.7. The number of hydrogen-bond acceptors (Lipinski definition) is 7. The smallest absolute Gasteiger partial charge is 0.414 e. The Kier molecular flexibility index (Phi) is 9.27. The molecule has 13 heteroatoms. The van der Waals surface area contributed by atoms with E-state index in [-0.39, 0.29) is 37.1 Å². The van der Waals surface area contributed by atoms with Crippen LogP contribution in [-0.2, 0) is 34.5 Å². The second-order valence-corrected chi connectivity index (χ2v) is 9.21. The molecule has 2 bridgehead atoms. The van der Waals surface area contributed by atoms with Crippen molar-refractivity contribution in [1.82, 2.24) is 19.0 Å². The second kappa shape index (κ2) is 12.2. The van der Waals surface area contributed by atoms with E-state index in [1.807, 2.05) is 0 Å². The molecule has 0 radical (unpaired) electrons. The van der Waals surface area contributed by atoms with E-state index in [1.165, 1.54) is 23.7 Å². The number of carboxylic acid groups (broad SMARTS) is 2. The van der Waals surface area contributed by atoms with Crippen molar-refractivity contribution in [3.05, 3.63) is 62.4 Å². The predicted molar refractivity (Wildman–Crippen MR) is 126 cm³/mol. The standard InChI is InChI=1S/C22H28F2N4O3.C2H2O4/c1-14-25-21(29)28(22(30)26(14)2)12-17(24)11-27-18-7-8-19(27)10-20(9-18)31-13-15-3-5-16(23)6-4-15;3-1(4)2(5)6/h3-6,17-20H,7-13H2,1-2H3;(H,3,4)(H,5,6)/t17-,18?,19?,20?;/m0./s1. The number of carboxylic acids is 2. The number of aryl methyl sites for hydroxylation is 1. The number of ether oxygens (including phenoxy) is 1. The van der Waals surface area contributed by atoms with Crippen LogP contribution in [0.5, 0.6) is 0 Å². The lowest BCUT2D eigenvalue weighted by atomic mass is 9.99. The molecule has 1 aromatic heterocycles. The van der Waals surface area contributed by atoms with Gasteiger partial charge in [0, 0.05) is 25.7 Å². The maximum atomic E-state index is 14.9. The van der Waals surface area contributed by atoms with Gasteiger partial charge in [0.05, 0.1) is 19.3 Å². The van der Waals surface area contributed by atoms with Crippen molar-refractivity contribution in [2.24, 2.45) is 7.05 Å². The number of carbonyl (C=O) groups is 2. The van der Waals surface area contributed by atoms with Crippen molar-refractivity contribution in [1.29, 1.82) is 0 Å². The molecule has 0 amide bonds. The molecule has 0 saturated carbocycles. The number of rotatable bonds is 7. The van der Waals surface area contributed by atoms with E-state index >= 15 is 0 Å². The van der Waals surface area contributed by atoms with E-state index in [2.05, 4.69) is 9.88 Å². The van der Waals surface area contributed by atoms with Gasteiger partial charge in [-0.1, -0.05) is 12.1 Å². The van der Waals surface area contributed by atoms with Gasteiger partial charge in [-0.3, -0.25) is 9.47 Å². The van der Waals surface area contributed by atoms with E-state index in [0.717, 1.165) is 35.8 Å². The van der Waals surface area contributed by atoms with E-state index in [4.69, 9.17) is 24.5 Å². The third-order valence-electron chi connectivity index (χ3n) is 6.70. The molecule has 2 unspecified atom stereocenters. The molecule has 3 heterocycles. The molecular weight excluding hydrogens is 494 g/mol. The molecular formula is C24H30F2N4O7. The molecule has 1 aromatic carbocycles. The average molecular weight is 525 g/mol. The van der Waals surface area contributed by atoms with Crippen molar-refractivity contribution in [3.8, 4) is 0 Å². The fourth-order valence-corrected chi connectivity index (χ4v) is 4.77. The largest absolute Gasteiger partial charge is 0.473 e. The van der Waals surface area contributed by atoms with Gasteiger partial charge < -0.3 is 14.9 Å². The highest BCUT2D eigenvalue weighted by Crippen LogP contribution is 2.37. The average Bonchev–Trinajstić information content (AvgIpc) is 3.07. The molecule has 2 N–H and O–H groups in total. The molecule has 2 saturated heterocycles. The molecule has 2 aromatic rings. The van der Waals surface area contributed by atoms with Gasteiger partial charge in [0.1, 0.15) is 17.8 Å². The Morgan fingerprint density at radius 2 is 1.65 bits per heavy atom. The summed E-state index contributed by atoms with van der Waals surface area (Å²) >= 11 is 0. The van der Waals surface area contributed by atoms with Gasteiger partial charge in [0.25, 0.3) is 0 Å². The van der Waals surface area contributed by atoms with Crippen LogP contribution in [0.1, 0.15) is 37.1 Å². The second-order valence-electron chi connectivity index (χ2n) is 9.21. The van der Waals surface area contributed by atoms with Crippen molar-refractivity contribution in [2.45, 2.75) is 70.1 Å². The zero-order valence-electron chi connectivity index (χ0n) is 20.5. The van der Waals surface area contributed by atoms with Crippen molar-refractivity contribution in [3.63, 3.8) is 0 Å². The van der Waals surface area contributed by atoms with Gasteiger partial charge in [-0.25, -0.2) is 32.5 Å². The number of nitrogens with zero attached hydrogens (tertiary/aromatic N) is 4. The van der Waals surface area contributed by atoms with Gasteiger partial charge in [0.2, 0.25) is 0 Å². The van der Waals surface area contributed by atoms with Crippen LogP contribution < -0.4 is 11.4 Å². The zero-order chi connectivity index (χ0) is 27.3. The number of aliphatic carboxylic acids is 2. The number of alkyl halides is 1. The first kappa shape index (κ1) is 28.1. The maximum Gasteiger partial charge on any atom is 0.414 e. The Morgan fingerprint density at radius 1 is 1.08 bits per heavy atom. The van der Waals surface area contributed by atoms with E-state index in [9.17, 15) is 18.4 Å². The topological polar surface area (TPSA) is 144 Å². The lowest BCUT2D eigenvalue weighted by molar-refractivity contribution is -0.159. The van der Waals surface area contributed by atoms with E-state index in [1.54, 1.807) is 19.1 Å². The molecule has 2 aliphatic heterocycles. The fraction of sp³-hybridized carbons (Fsp3) is 0.542. The van der Waals surface area contributed by atoms with Crippen LogP contribution in [0.4, 0.5) is 8.78 Å². The van der Waals surface area contributed by atoms with Crippen LogP contribution in [-0.4, -0.2) is 72.1 Å². The summed E-state index contributed by atoms with van der Waals surface area (Å²) in [5.41, 5.74) is -0.325. The van der Waals surface area contributed by atoms with Crippen LogP contribution >= 0.6 is 0 Å². The van der Waals surface area contributed by atoms with Crippen molar-refractivity contribution in [2.75, 3.05) is 6.54 Å². The van der Waals surface area contributed by atoms with E-state index in [0.29, 0.717) is 12.4 Å². The maximum absolute atomic E-state index is 14.9. The molecule has 202 valence electrons. The predicted octanol–water partition coefficient (Wildman–Crippen LogP) is 1.10.